The lowest BCUT2D eigenvalue weighted by Crippen LogP contribution is -2.05. The molecular formula is C11H20O2. The van der Waals surface area contributed by atoms with Gasteiger partial charge in [-0.05, 0) is 19.8 Å². The quantitative estimate of drug-likeness (QED) is 0.487. The van der Waals surface area contributed by atoms with Gasteiger partial charge in [-0.25, -0.2) is 0 Å². The summed E-state index contributed by atoms with van der Waals surface area (Å²) >= 11 is 0. The first-order chi connectivity index (χ1) is 6.18. The standard InChI is InChI=1S/C11H20O2/c1-3-4-5-6-7-8-9-10(2)11(12)13/h8-10H,3-7H2,1-2H3,(H,12,13)/b9-8+. The van der Waals surface area contributed by atoms with Crippen LogP contribution in [0, 0.1) is 5.92 Å². The Morgan fingerprint density at radius 2 is 2.08 bits per heavy atom. The average Bonchev–Trinajstić information content (AvgIpc) is 2.10. The second kappa shape index (κ2) is 7.84. The van der Waals surface area contributed by atoms with Crippen LogP contribution in [0.2, 0.25) is 0 Å². The third-order valence-corrected chi connectivity index (χ3v) is 2.04. The first-order valence-electron chi connectivity index (χ1n) is 5.08. The molecule has 1 atom stereocenters. The van der Waals surface area contributed by atoms with Crippen molar-refractivity contribution in [3.63, 3.8) is 0 Å². The number of allylic oxidation sites excluding steroid dienone is 1. The molecule has 0 saturated heterocycles. The number of hydrogen-bond acceptors (Lipinski definition) is 1. The summed E-state index contributed by atoms with van der Waals surface area (Å²) in [5.74, 6) is -1.09. The Labute approximate surface area is 80.7 Å². The topological polar surface area (TPSA) is 37.3 Å². The van der Waals surface area contributed by atoms with Gasteiger partial charge in [0.2, 0.25) is 0 Å². The van der Waals surface area contributed by atoms with Crippen molar-refractivity contribution < 1.29 is 9.90 Å². The van der Waals surface area contributed by atoms with E-state index in [4.69, 9.17) is 5.11 Å². The largest absolute Gasteiger partial charge is 0.481 e. The highest BCUT2D eigenvalue weighted by Crippen LogP contribution is 2.04. The van der Waals surface area contributed by atoms with Crippen molar-refractivity contribution in [1.82, 2.24) is 0 Å². The van der Waals surface area contributed by atoms with E-state index in [0.717, 1.165) is 6.42 Å². The van der Waals surface area contributed by atoms with Crippen LogP contribution in [-0.4, -0.2) is 11.1 Å². The Kier molecular flexibility index (Phi) is 7.36. The van der Waals surface area contributed by atoms with Crippen LogP contribution in [-0.2, 0) is 4.79 Å². The van der Waals surface area contributed by atoms with Gasteiger partial charge < -0.3 is 5.11 Å². The summed E-state index contributed by atoms with van der Waals surface area (Å²) in [6.45, 7) is 3.88. The third kappa shape index (κ3) is 7.57. The van der Waals surface area contributed by atoms with Crippen LogP contribution in [0.15, 0.2) is 12.2 Å². The maximum absolute atomic E-state index is 10.4. The van der Waals surface area contributed by atoms with Gasteiger partial charge in [-0.15, -0.1) is 0 Å². The van der Waals surface area contributed by atoms with Crippen LogP contribution in [0.5, 0.6) is 0 Å². The van der Waals surface area contributed by atoms with Crippen LogP contribution < -0.4 is 0 Å². The summed E-state index contributed by atoms with van der Waals surface area (Å²) in [5, 5.41) is 8.57. The first-order valence-corrected chi connectivity index (χ1v) is 5.08. The molecule has 2 heteroatoms. The number of rotatable bonds is 7. The summed E-state index contributed by atoms with van der Waals surface area (Å²) in [6, 6.07) is 0. The molecule has 0 amide bonds. The number of unbranched alkanes of at least 4 members (excludes halogenated alkanes) is 4. The molecule has 76 valence electrons. The fourth-order valence-electron chi connectivity index (χ4n) is 1.07. The molecule has 2 nitrogen and oxygen atoms in total. The Hall–Kier alpha value is -0.790. The van der Waals surface area contributed by atoms with Crippen LogP contribution >= 0.6 is 0 Å². The third-order valence-electron chi connectivity index (χ3n) is 2.04. The molecule has 1 unspecified atom stereocenters. The van der Waals surface area contributed by atoms with E-state index in [1.807, 2.05) is 6.08 Å². The predicted octanol–water partition coefficient (Wildman–Crippen LogP) is 3.23. The molecular weight excluding hydrogens is 164 g/mol. The molecule has 0 aliphatic carbocycles. The van der Waals surface area contributed by atoms with Crippen molar-refractivity contribution in [2.75, 3.05) is 0 Å². The van der Waals surface area contributed by atoms with Gasteiger partial charge in [-0.3, -0.25) is 4.79 Å². The number of carboxylic acid groups (broad SMARTS) is 1. The summed E-state index contributed by atoms with van der Waals surface area (Å²) in [4.78, 5) is 10.4. The van der Waals surface area contributed by atoms with E-state index < -0.39 is 5.97 Å². The van der Waals surface area contributed by atoms with E-state index in [1.54, 1.807) is 13.0 Å². The Bertz CT molecular complexity index is 161. The minimum absolute atomic E-state index is 0.342. The van der Waals surface area contributed by atoms with E-state index in [2.05, 4.69) is 6.92 Å². The van der Waals surface area contributed by atoms with E-state index in [-0.39, 0.29) is 5.92 Å². The summed E-state index contributed by atoms with van der Waals surface area (Å²) in [5.41, 5.74) is 0. The zero-order valence-corrected chi connectivity index (χ0v) is 8.62. The lowest BCUT2D eigenvalue weighted by molar-refractivity contribution is -0.139. The Morgan fingerprint density at radius 1 is 1.38 bits per heavy atom. The van der Waals surface area contributed by atoms with Gasteiger partial charge in [0.25, 0.3) is 0 Å². The molecule has 0 aromatic carbocycles. The molecule has 0 fully saturated rings. The van der Waals surface area contributed by atoms with Crippen LogP contribution in [0.25, 0.3) is 0 Å². The van der Waals surface area contributed by atoms with Crippen molar-refractivity contribution in [3.8, 4) is 0 Å². The average molecular weight is 184 g/mol. The van der Waals surface area contributed by atoms with Gasteiger partial charge in [0.05, 0.1) is 5.92 Å². The number of carbonyl (C=O) groups is 1. The molecule has 0 aromatic heterocycles. The molecule has 0 aromatic rings. The molecule has 0 aliphatic heterocycles. The number of aliphatic carboxylic acids is 1. The highest BCUT2D eigenvalue weighted by atomic mass is 16.4. The van der Waals surface area contributed by atoms with Crippen molar-refractivity contribution in [1.29, 1.82) is 0 Å². The number of carboxylic acids is 1. The van der Waals surface area contributed by atoms with E-state index in [1.165, 1.54) is 25.7 Å². The highest BCUT2D eigenvalue weighted by Gasteiger charge is 2.04. The van der Waals surface area contributed by atoms with E-state index in [9.17, 15) is 4.79 Å². The summed E-state index contributed by atoms with van der Waals surface area (Å²) < 4.78 is 0. The van der Waals surface area contributed by atoms with Crippen LogP contribution in [0.4, 0.5) is 0 Å². The SMILES string of the molecule is CCCCCC/C=C/C(C)C(=O)O. The van der Waals surface area contributed by atoms with Crippen LogP contribution in [0.3, 0.4) is 0 Å². The maximum Gasteiger partial charge on any atom is 0.310 e. The minimum atomic E-state index is -0.746. The van der Waals surface area contributed by atoms with Crippen molar-refractivity contribution >= 4 is 5.97 Å². The Balaban J connectivity index is 3.35. The van der Waals surface area contributed by atoms with Crippen LogP contribution in [0.1, 0.15) is 46.0 Å². The number of hydrogen-bond donors (Lipinski definition) is 1. The van der Waals surface area contributed by atoms with Gasteiger partial charge in [-0.1, -0.05) is 38.3 Å². The maximum atomic E-state index is 10.4. The van der Waals surface area contributed by atoms with E-state index in [0.29, 0.717) is 0 Å². The lowest BCUT2D eigenvalue weighted by atomic mass is 10.1. The van der Waals surface area contributed by atoms with Gasteiger partial charge in [0.15, 0.2) is 0 Å². The fraction of sp³-hybridized carbons (Fsp3) is 0.727. The Morgan fingerprint density at radius 3 is 2.62 bits per heavy atom. The predicted molar refractivity (Wildman–Crippen MR) is 54.7 cm³/mol. The molecule has 0 aliphatic rings. The summed E-state index contributed by atoms with van der Waals surface area (Å²) in [7, 11) is 0. The van der Waals surface area contributed by atoms with Gasteiger partial charge >= 0.3 is 5.97 Å². The molecule has 1 N–H and O–H groups in total. The molecule has 0 spiro atoms. The first kappa shape index (κ1) is 12.2. The fourth-order valence-corrected chi connectivity index (χ4v) is 1.07. The smallest absolute Gasteiger partial charge is 0.310 e. The second-order valence-electron chi connectivity index (χ2n) is 3.40. The van der Waals surface area contributed by atoms with E-state index >= 15 is 0 Å². The van der Waals surface area contributed by atoms with Crippen molar-refractivity contribution in [2.45, 2.75) is 46.0 Å². The van der Waals surface area contributed by atoms with Gasteiger partial charge in [0.1, 0.15) is 0 Å². The van der Waals surface area contributed by atoms with Gasteiger partial charge in [-0.2, -0.15) is 0 Å². The molecule has 13 heavy (non-hydrogen) atoms. The molecule has 0 radical (unpaired) electrons. The van der Waals surface area contributed by atoms with Crippen molar-refractivity contribution in [2.24, 2.45) is 5.92 Å². The molecule has 0 rings (SSSR count). The highest BCUT2D eigenvalue weighted by molar-refractivity contribution is 5.71. The normalized spacial score (nSPS) is 13.4. The zero-order valence-electron chi connectivity index (χ0n) is 8.62. The monoisotopic (exact) mass is 184 g/mol. The summed E-state index contributed by atoms with van der Waals surface area (Å²) in [6.07, 6.45) is 9.72. The lowest BCUT2D eigenvalue weighted by Gasteiger charge is -1.97. The molecule has 0 heterocycles. The zero-order chi connectivity index (χ0) is 10.1. The molecule has 0 bridgehead atoms. The second-order valence-corrected chi connectivity index (χ2v) is 3.40. The van der Waals surface area contributed by atoms with Gasteiger partial charge in [0, 0.05) is 0 Å². The molecule has 0 saturated carbocycles. The minimum Gasteiger partial charge on any atom is -0.481 e. The van der Waals surface area contributed by atoms with Crippen molar-refractivity contribution in [3.05, 3.63) is 12.2 Å².